The molecule has 8 nitrogen and oxygen atoms in total. The van der Waals surface area contributed by atoms with Crippen molar-refractivity contribution in [2.45, 2.75) is 19.9 Å². The van der Waals surface area contributed by atoms with Crippen LogP contribution in [0.3, 0.4) is 0 Å². The van der Waals surface area contributed by atoms with Crippen LogP contribution >= 0.6 is 11.3 Å². The van der Waals surface area contributed by atoms with Gasteiger partial charge in [0.15, 0.2) is 5.65 Å². The molecule has 3 N–H and O–H groups in total. The molecule has 4 aromatic heterocycles. The van der Waals surface area contributed by atoms with Crippen molar-refractivity contribution < 1.29 is 9.59 Å². The Morgan fingerprint density at radius 1 is 1.18 bits per heavy atom. The van der Waals surface area contributed by atoms with Gasteiger partial charge in [0, 0.05) is 12.2 Å². The van der Waals surface area contributed by atoms with E-state index in [0.717, 1.165) is 4.88 Å². The molecule has 0 saturated carbocycles. The smallest absolute Gasteiger partial charge is 0.286 e. The van der Waals surface area contributed by atoms with Crippen LogP contribution in [0.25, 0.3) is 21.6 Å². The number of hydrogen-bond donors (Lipinski definition) is 3. The average molecular weight is 394 g/mol. The lowest BCUT2D eigenvalue weighted by atomic mass is 10.1. The van der Waals surface area contributed by atoms with Gasteiger partial charge in [-0.25, -0.2) is 9.67 Å². The molecule has 0 atom stereocenters. The van der Waals surface area contributed by atoms with Crippen LogP contribution in [-0.4, -0.2) is 31.6 Å². The van der Waals surface area contributed by atoms with E-state index in [-0.39, 0.29) is 6.04 Å². The first kappa shape index (κ1) is 17.9. The fourth-order valence-electron chi connectivity index (χ4n) is 2.85. The van der Waals surface area contributed by atoms with E-state index in [1.807, 2.05) is 31.4 Å². The van der Waals surface area contributed by atoms with Gasteiger partial charge in [0.25, 0.3) is 11.8 Å². The summed E-state index contributed by atoms with van der Waals surface area (Å²) < 4.78 is 1.78. The number of aromatic nitrogens is 4. The van der Waals surface area contributed by atoms with Crippen molar-refractivity contribution in [3.05, 3.63) is 59.4 Å². The molecule has 0 aliphatic rings. The number of carbonyl (C=O) groups is 2. The van der Waals surface area contributed by atoms with Crippen LogP contribution < -0.4 is 10.9 Å². The lowest BCUT2D eigenvalue weighted by Gasteiger charge is -2.11. The zero-order valence-corrected chi connectivity index (χ0v) is 16.1. The molecule has 0 aliphatic carbocycles. The topological polar surface area (TPSA) is 105 Å². The van der Waals surface area contributed by atoms with Crippen molar-refractivity contribution in [1.29, 1.82) is 0 Å². The zero-order chi connectivity index (χ0) is 19.7. The number of hydrogen-bond acceptors (Lipinski definition) is 5. The Labute approximate surface area is 164 Å². The highest BCUT2D eigenvalue weighted by molar-refractivity contribution is 7.13. The molecular weight excluding hydrogens is 376 g/mol. The Hall–Kier alpha value is -3.46. The summed E-state index contributed by atoms with van der Waals surface area (Å²) in [5.41, 5.74) is 6.95. The van der Waals surface area contributed by atoms with Crippen molar-refractivity contribution >= 4 is 34.2 Å². The molecule has 2 amide bonds. The number of amides is 2. The van der Waals surface area contributed by atoms with E-state index < -0.39 is 11.8 Å². The molecule has 28 heavy (non-hydrogen) atoms. The summed E-state index contributed by atoms with van der Waals surface area (Å²) in [7, 11) is 0. The number of H-pyrrole nitrogens is 1. The lowest BCUT2D eigenvalue weighted by Crippen LogP contribution is -2.41. The van der Waals surface area contributed by atoms with Crippen LogP contribution in [0.4, 0.5) is 0 Å². The van der Waals surface area contributed by atoms with E-state index in [4.69, 9.17) is 4.98 Å². The SMILES string of the molecule is CC(C)n1ncc2c(C(=O)NNC(=O)c3ccc[nH]3)cc(-c3cccs3)nc21. The van der Waals surface area contributed by atoms with Crippen molar-refractivity contribution in [2.24, 2.45) is 0 Å². The van der Waals surface area contributed by atoms with Crippen LogP contribution in [0.15, 0.2) is 48.1 Å². The summed E-state index contributed by atoms with van der Waals surface area (Å²) in [5, 5.41) is 6.96. The second kappa shape index (κ2) is 7.28. The number of carbonyl (C=O) groups excluding carboxylic acids is 2. The molecule has 4 rings (SSSR count). The number of rotatable bonds is 4. The molecule has 0 aromatic carbocycles. The molecule has 0 saturated heterocycles. The highest BCUT2D eigenvalue weighted by Crippen LogP contribution is 2.28. The van der Waals surface area contributed by atoms with Crippen LogP contribution in [0, 0.1) is 0 Å². The number of nitrogens with zero attached hydrogens (tertiary/aromatic N) is 3. The van der Waals surface area contributed by atoms with Gasteiger partial charge in [0.2, 0.25) is 0 Å². The molecule has 0 radical (unpaired) electrons. The number of nitrogens with one attached hydrogen (secondary N) is 3. The largest absolute Gasteiger partial charge is 0.357 e. The first-order chi connectivity index (χ1) is 13.5. The van der Waals surface area contributed by atoms with Crippen LogP contribution in [0.5, 0.6) is 0 Å². The molecule has 0 unspecified atom stereocenters. The summed E-state index contributed by atoms with van der Waals surface area (Å²) in [6.07, 6.45) is 3.26. The molecule has 0 fully saturated rings. The second-order valence-corrected chi connectivity index (χ2v) is 7.39. The first-order valence-corrected chi connectivity index (χ1v) is 9.59. The highest BCUT2D eigenvalue weighted by Gasteiger charge is 2.19. The average Bonchev–Trinajstić information content (AvgIpc) is 3.45. The Kier molecular flexibility index (Phi) is 4.66. The third kappa shape index (κ3) is 3.27. The maximum atomic E-state index is 12.8. The Balaban J connectivity index is 1.70. The van der Waals surface area contributed by atoms with E-state index in [1.165, 1.54) is 0 Å². The minimum Gasteiger partial charge on any atom is -0.357 e. The van der Waals surface area contributed by atoms with Gasteiger partial charge in [-0.15, -0.1) is 11.3 Å². The van der Waals surface area contributed by atoms with E-state index in [9.17, 15) is 9.59 Å². The van der Waals surface area contributed by atoms with Gasteiger partial charge in [-0.2, -0.15) is 5.10 Å². The third-order valence-electron chi connectivity index (χ3n) is 4.21. The third-order valence-corrected chi connectivity index (χ3v) is 5.10. The summed E-state index contributed by atoms with van der Waals surface area (Å²) in [6, 6.07) is 9.01. The van der Waals surface area contributed by atoms with Crippen molar-refractivity contribution in [3.63, 3.8) is 0 Å². The fourth-order valence-corrected chi connectivity index (χ4v) is 3.54. The van der Waals surface area contributed by atoms with Crippen LogP contribution in [0.1, 0.15) is 40.7 Å². The fraction of sp³-hybridized carbons (Fsp3) is 0.158. The van der Waals surface area contributed by atoms with E-state index in [0.29, 0.717) is 28.0 Å². The number of fused-ring (bicyclic) bond motifs is 1. The van der Waals surface area contributed by atoms with E-state index in [1.54, 1.807) is 46.6 Å². The Morgan fingerprint density at radius 3 is 2.68 bits per heavy atom. The van der Waals surface area contributed by atoms with Gasteiger partial charge >= 0.3 is 0 Å². The quantitative estimate of drug-likeness (QED) is 0.463. The predicted octanol–water partition coefficient (Wildman–Crippen LogP) is 3.14. The molecule has 4 aromatic rings. The molecule has 9 heteroatoms. The monoisotopic (exact) mass is 394 g/mol. The molecule has 0 bridgehead atoms. The van der Waals surface area contributed by atoms with E-state index in [2.05, 4.69) is 20.9 Å². The standard InChI is InChI=1S/C19H18N6O2S/c1-11(2)25-17-13(10-21-25)12(9-15(22-17)16-6-4-8-28-16)18(26)23-24-19(27)14-5-3-7-20-14/h3-11,20H,1-2H3,(H,23,26)(H,24,27). The zero-order valence-electron chi connectivity index (χ0n) is 15.3. The van der Waals surface area contributed by atoms with Gasteiger partial charge in [0.05, 0.1) is 27.7 Å². The summed E-state index contributed by atoms with van der Waals surface area (Å²) >= 11 is 1.54. The summed E-state index contributed by atoms with van der Waals surface area (Å²) in [6.45, 7) is 4.00. The van der Waals surface area contributed by atoms with Crippen molar-refractivity contribution in [3.8, 4) is 10.6 Å². The molecule has 4 heterocycles. The van der Waals surface area contributed by atoms with Gasteiger partial charge in [0.1, 0.15) is 5.69 Å². The molecule has 142 valence electrons. The van der Waals surface area contributed by atoms with Crippen LogP contribution in [-0.2, 0) is 0 Å². The number of aromatic amines is 1. The lowest BCUT2D eigenvalue weighted by molar-refractivity contribution is 0.0845. The maximum Gasteiger partial charge on any atom is 0.286 e. The Bertz CT molecular complexity index is 1130. The number of thiophene rings is 1. The summed E-state index contributed by atoms with van der Waals surface area (Å²) in [4.78, 5) is 33.4. The van der Waals surface area contributed by atoms with Gasteiger partial charge in [-0.1, -0.05) is 6.07 Å². The van der Waals surface area contributed by atoms with Crippen molar-refractivity contribution in [2.75, 3.05) is 0 Å². The van der Waals surface area contributed by atoms with Gasteiger partial charge in [-0.05, 0) is 43.5 Å². The molecular formula is C19H18N6O2S. The first-order valence-electron chi connectivity index (χ1n) is 8.71. The van der Waals surface area contributed by atoms with E-state index >= 15 is 0 Å². The van der Waals surface area contributed by atoms with Crippen LogP contribution in [0.2, 0.25) is 0 Å². The number of hydrazine groups is 1. The molecule has 0 spiro atoms. The highest BCUT2D eigenvalue weighted by atomic mass is 32.1. The van der Waals surface area contributed by atoms with Gasteiger partial charge < -0.3 is 4.98 Å². The normalized spacial score (nSPS) is 11.1. The molecule has 0 aliphatic heterocycles. The summed E-state index contributed by atoms with van der Waals surface area (Å²) in [5.74, 6) is -0.867. The Morgan fingerprint density at radius 2 is 2.00 bits per heavy atom. The minimum atomic E-state index is -0.437. The number of pyridine rings is 1. The predicted molar refractivity (Wildman–Crippen MR) is 107 cm³/mol. The second-order valence-electron chi connectivity index (χ2n) is 6.44. The minimum absolute atomic E-state index is 0.0899. The van der Waals surface area contributed by atoms with Gasteiger partial charge in [-0.3, -0.25) is 20.4 Å². The van der Waals surface area contributed by atoms with Crippen molar-refractivity contribution in [1.82, 2.24) is 30.6 Å². The maximum absolute atomic E-state index is 12.8.